The second kappa shape index (κ2) is 7.45. The Morgan fingerprint density at radius 2 is 1.86 bits per heavy atom. The Morgan fingerprint density at radius 3 is 2.55 bits per heavy atom. The van der Waals surface area contributed by atoms with E-state index in [-0.39, 0.29) is 6.61 Å². The molecule has 0 aliphatic heterocycles. The molecule has 2 aromatic rings. The predicted molar refractivity (Wildman–Crippen MR) is 90.5 cm³/mol. The van der Waals surface area contributed by atoms with E-state index in [0.717, 1.165) is 15.6 Å². The van der Waals surface area contributed by atoms with Gasteiger partial charge in [-0.25, -0.2) is 4.79 Å². The van der Waals surface area contributed by atoms with Crippen LogP contribution in [0.5, 0.6) is 11.5 Å². The van der Waals surface area contributed by atoms with Gasteiger partial charge >= 0.3 is 5.97 Å². The Kier molecular flexibility index (Phi) is 5.61. The summed E-state index contributed by atoms with van der Waals surface area (Å²) in [4.78, 5) is 12.0. The van der Waals surface area contributed by atoms with E-state index >= 15 is 0 Å². The largest absolute Gasteiger partial charge is 0.482 e. The average Bonchev–Trinajstić information content (AvgIpc) is 2.46. The van der Waals surface area contributed by atoms with Crippen LogP contribution in [-0.2, 0) is 4.79 Å². The lowest BCUT2D eigenvalue weighted by Gasteiger charge is -2.13. The lowest BCUT2D eigenvalue weighted by atomic mass is 10.0. The van der Waals surface area contributed by atoms with Gasteiger partial charge in [0.2, 0.25) is 0 Å². The Labute approximate surface area is 139 Å². The molecule has 2 aromatic carbocycles. The van der Waals surface area contributed by atoms with Crippen LogP contribution in [0.1, 0.15) is 30.9 Å². The van der Waals surface area contributed by atoms with Crippen LogP contribution in [0.15, 0.2) is 46.9 Å². The molecule has 22 heavy (non-hydrogen) atoms. The monoisotopic (exact) mass is 362 g/mol. The summed E-state index contributed by atoms with van der Waals surface area (Å²) in [6, 6.07) is 13.2. The van der Waals surface area contributed by atoms with Gasteiger partial charge in [-0.15, -0.1) is 0 Å². The van der Waals surface area contributed by atoms with E-state index in [1.807, 2.05) is 43.3 Å². The van der Waals surface area contributed by atoms with Crippen molar-refractivity contribution in [1.82, 2.24) is 0 Å². The average molecular weight is 363 g/mol. The van der Waals surface area contributed by atoms with E-state index in [4.69, 9.17) is 9.47 Å². The lowest BCUT2D eigenvalue weighted by molar-refractivity contribution is -0.136. The summed E-state index contributed by atoms with van der Waals surface area (Å²) in [6.07, 6.45) is 0. The molecule has 0 saturated heterocycles. The molecule has 0 fully saturated rings. The number of ether oxygens (including phenoxy) is 2. The van der Waals surface area contributed by atoms with Crippen LogP contribution >= 0.6 is 15.9 Å². The fraction of sp³-hybridized carbons (Fsp3) is 0.278. The number of hydrogen-bond donors (Lipinski definition) is 0. The molecular weight excluding hydrogens is 344 g/mol. The van der Waals surface area contributed by atoms with Gasteiger partial charge in [0.1, 0.15) is 11.5 Å². The zero-order valence-electron chi connectivity index (χ0n) is 12.9. The van der Waals surface area contributed by atoms with Gasteiger partial charge < -0.3 is 9.47 Å². The zero-order chi connectivity index (χ0) is 16.1. The van der Waals surface area contributed by atoms with Crippen molar-refractivity contribution in [2.45, 2.75) is 26.7 Å². The van der Waals surface area contributed by atoms with Crippen LogP contribution < -0.4 is 9.47 Å². The molecular formula is C18H19BrO3. The van der Waals surface area contributed by atoms with E-state index in [0.29, 0.717) is 17.4 Å². The molecule has 0 aromatic heterocycles. The second-order valence-electron chi connectivity index (χ2n) is 5.37. The molecule has 0 atom stereocenters. The van der Waals surface area contributed by atoms with Crippen molar-refractivity contribution in [1.29, 1.82) is 0 Å². The molecule has 0 amide bonds. The normalized spacial score (nSPS) is 10.6. The highest BCUT2D eigenvalue weighted by Gasteiger charge is 2.12. The number of aryl methyl sites for hydroxylation is 1. The summed E-state index contributed by atoms with van der Waals surface area (Å²) < 4.78 is 11.9. The van der Waals surface area contributed by atoms with Crippen molar-refractivity contribution in [2.24, 2.45) is 0 Å². The number of carbonyl (C=O) groups is 1. The van der Waals surface area contributed by atoms with Crippen molar-refractivity contribution in [3.63, 3.8) is 0 Å². The summed E-state index contributed by atoms with van der Waals surface area (Å²) >= 11 is 3.39. The number of rotatable bonds is 5. The minimum atomic E-state index is -0.407. The summed E-state index contributed by atoms with van der Waals surface area (Å²) in [6.45, 7) is 5.94. The second-order valence-corrected chi connectivity index (χ2v) is 6.28. The van der Waals surface area contributed by atoms with Crippen molar-refractivity contribution < 1.29 is 14.3 Å². The maximum absolute atomic E-state index is 12.0. The van der Waals surface area contributed by atoms with Crippen molar-refractivity contribution >= 4 is 21.9 Å². The van der Waals surface area contributed by atoms with Gasteiger partial charge in [0.25, 0.3) is 0 Å². The van der Waals surface area contributed by atoms with Gasteiger partial charge in [0, 0.05) is 4.47 Å². The van der Waals surface area contributed by atoms with Gasteiger partial charge in [-0.05, 0) is 48.2 Å². The van der Waals surface area contributed by atoms with Crippen molar-refractivity contribution in [3.8, 4) is 11.5 Å². The molecule has 0 spiro atoms. The van der Waals surface area contributed by atoms with Crippen LogP contribution in [0, 0.1) is 6.92 Å². The highest BCUT2D eigenvalue weighted by molar-refractivity contribution is 9.10. The molecule has 0 saturated carbocycles. The minimum absolute atomic E-state index is 0.116. The standard InChI is InChI=1S/C18H19BrO3/c1-12(2)15-6-4-5-7-17(15)22-18(20)11-21-16-9-8-14(19)10-13(16)3/h4-10,12H,11H2,1-3H3. The molecule has 116 valence electrons. The quantitative estimate of drug-likeness (QED) is 0.562. The zero-order valence-corrected chi connectivity index (χ0v) is 14.5. The van der Waals surface area contributed by atoms with Gasteiger partial charge in [0.05, 0.1) is 0 Å². The topological polar surface area (TPSA) is 35.5 Å². The number of benzene rings is 2. The first-order valence-corrected chi connectivity index (χ1v) is 7.95. The number of carbonyl (C=O) groups excluding carboxylic acids is 1. The van der Waals surface area contributed by atoms with Crippen LogP contribution in [0.2, 0.25) is 0 Å². The van der Waals surface area contributed by atoms with Crippen LogP contribution in [0.3, 0.4) is 0 Å². The molecule has 0 radical (unpaired) electrons. The highest BCUT2D eigenvalue weighted by Crippen LogP contribution is 2.26. The number of hydrogen-bond acceptors (Lipinski definition) is 3. The number of halogens is 1. The minimum Gasteiger partial charge on any atom is -0.482 e. The number of esters is 1. The fourth-order valence-corrected chi connectivity index (χ4v) is 2.59. The molecule has 3 nitrogen and oxygen atoms in total. The first-order valence-electron chi connectivity index (χ1n) is 7.16. The third-order valence-corrected chi connectivity index (χ3v) is 3.74. The Hall–Kier alpha value is -1.81. The van der Waals surface area contributed by atoms with E-state index in [9.17, 15) is 4.79 Å². The molecule has 0 unspecified atom stereocenters. The maximum atomic E-state index is 12.0. The van der Waals surface area contributed by atoms with E-state index in [1.165, 1.54) is 0 Å². The number of para-hydroxylation sites is 1. The lowest BCUT2D eigenvalue weighted by Crippen LogP contribution is -2.18. The Balaban J connectivity index is 1.99. The fourth-order valence-electron chi connectivity index (χ4n) is 2.11. The molecule has 4 heteroatoms. The molecule has 0 aliphatic carbocycles. The Bertz CT molecular complexity index is 665. The summed E-state index contributed by atoms with van der Waals surface area (Å²) in [7, 11) is 0. The first kappa shape index (κ1) is 16.6. The first-order chi connectivity index (χ1) is 10.5. The predicted octanol–water partition coefficient (Wildman–Crippen LogP) is 4.87. The van der Waals surface area contributed by atoms with Crippen LogP contribution in [0.25, 0.3) is 0 Å². The van der Waals surface area contributed by atoms with Gasteiger partial charge in [-0.3, -0.25) is 0 Å². The summed E-state index contributed by atoms with van der Waals surface area (Å²) in [5.74, 6) is 1.16. The SMILES string of the molecule is Cc1cc(Br)ccc1OCC(=O)Oc1ccccc1C(C)C. The maximum Gasteiger partial charge on any atom is 0.349 e. The molecule has 0 heterocycles. The Morgan fingerprint density at radius 1 is 1.14 bits per heavy atom. The summed E-state index contributed by atoms with van der Waals surface area (Å²) in [5, 5.41) is 0. The van der Waals surface area contributed by atoms with E-state index in [2.05, 4.69) is 29.8 Å². The third-order valence-electron chi connectivity index (χ3n) is 3.25. The third kappa shape index (κ3) is 4.34. The summed E-state index contributed by atoms with van der Waals surface area (Å²) in [5.41, 5.74) is 1.97. The van der Waals surface area contributed by atoms with Crippen molar-refractivity contribution in [2.75, 3.05) is 6.61 Å². The van der Waals surface area contributed by atoms with Crippen LogP contribution in [-0.4, -0.2) is 12.6 Å². The van der Waals surface area contributed by atoms with Gasteiger partial charge in [-0.2, -0.15) is 0 Å². The smallest absolute Gasteiger partial charge is 0.349 e. The van der Waals surface area contributed by atoms with Gasteiger partial charge in [-0.1, -0.05) is 48.0 Å². The van der Waals surface area contributed by atoms with E-state index < -0.39 is 5.97 Å². The van der Waals surface area contributed by atoms with E-state index in [1.54, 1.807) is 6.07 Å². The highest BCUT2D eigenvalue weighted by atomic mass is 79.9. The molecule has 0 N–H and O–H groups in total. The molecule has 0 aliphatic rings. The molecule has 2 rings (SSSR count). The van der Waals surface area contributed by atoms with Crippen LogP contribution in [0.4, 0.5) is 0 Å². The molecule has 0 bridgehead atoms. The van der Waals surface area contributed by atoms with Gasteiger partial charge in [0.15, 0.2) is 6.61 Å². The van der Waals surface area contributed by atoms with Crippen molar-refractivity contribution in [3.05, 3.63) is 58.1 Å².